The fourth-order valence-electron chi connectivity index (χ4n) is 1.01. The molecular weight excluding hydrogens is 164 g/mol. The first-order valence-electron chi connectivity index (χ1n) is 4.68. The van der Waals surface area contributed by atoms with E-state index in [4.69, 9.17) is 5.73 Å². The molecule has 4 nitrogen and oxygen atoms in total. The third kappa shape index (κ3) is 3.05. The molecule has 13 heavy (non-hydrogen) atoms. The number of nitrogens with two attached hydrogens (primary N) is 1. The number of nitrogens with zero attached hydrogens (tertiary/aromatic N) is 3. The number of hydrogen-bond acceptors (Lipinski definition) is 3. The lowest BCUT2D eigenvalue weighted by Crippen LogP contribution is -2.14. The van der Waals surface area contributed by atoms with E-state index in [9.17, 15) is 0 Å². The van der Waals surface area contributed by atoms with Crippen molar-refractivity contribution in [2.75, 3.05) is 5.73 Å². The van der Waals surface area contributed by atoms with Crippen LogP contribution < -0.4 is 5.73 Å². The van der Waals surface area contributed by atoms with Crippen molar-refractivity contribution in [2.45, 2.75) is 40.2 Å². The van der Waals surface area contributed by atoms with E-state index < -0.39 is 0 Å². The van der Waals surface area contributed by atoms with Gasteiger partial charge in [0, 0.05) is 6.54 Å². The highest BCUT2D eigenvalue weighted by Gasteiger charge is 2.14. The summed E-state index contributed by atoms with van der Waals surface area (Å²) >= 11 is 0. The minimum atomic E-state index is 0.356. The van der Waals surface area contributed by atoms with Crippen LogP contribution in [-0.2, 0) is 6.54 Å². The maximum absolute atomic E-state index is 5.41. The minimum Gasteiger partial charge on any atom is -0.367 e. The van der Waals surface area contributed by atoms with E-state index in [1.807, 2.05) is 0 Å². The van der Waals surface area contributed by atoms with E-state index in [1.165, 1.54) is 6.42 Å². The van der Waals surface area contributed by atoms with Gasteiger partial charge in [0.05, 0.1) is 0 Å². The highest BCUT2D eigenvalue weighted by Crippen LogP contribution is 2.24. The lowest BCUT2D eigenvalue weighted by atomic mass is 9.87. The standard InChI is InChI=1S/C9H18N4/c1-4-9(2,3)5-6-13-7-11-8(10)12-13/h7H,4-6H2,1-3H3,(H2,10,12). The maximum atomic E-state index is 5.41. The van der Waals surface area contributed by atoms with Gasteiger partial charge in [0.2, 0.25) is 5.95 Å². The summed E-state index contributed by atoms with van der Waals surface area (Å²) < 4.78 is 1.80. The zero-order valence-corrected chi connectivity index (χ0v) is 8.62. The molecule has 0 bridgehead atoms. The number of anilines is 1. The Kier molecular flexibility index (Phi) is 2.90. The number of hydrogen-bond donors (Lipinski definition) is 1. The topological polar surface area (TPSA) is 56.7 Å². The smallest absolute Gasteiger partial charge is 0.239 e. The van der Waals surface area contributed by atoms with Gasteiger partial charge in [0.15, 0.2) is 0 Å². The summed E-state index contributed by atoms with van der Waals surface area (Å²) in [6, 6.07) is 0. The first kappa shape index (κ1) is 10.0. The molecule has 0 amide bonds. The van der Waals surface area contributed by atoms with Crippen LogP contribution in [-0.4, -0.2) is 14.8 Å². The number of aromatic nitrogens is 3. The van der Waals surface area contributed by atoms with Gasteiger partial charge in [-0.1, -0.05) is 27.2 Å². The van der Waals surface area contributed by atoms with E-state index in [1.54, 1.807) is 11.0 Å². The molecule has 0 aliphatic carbocycles. The first-order valence-corrected chi connectivity index (χ1v) is 4.68. The van der Waals surface area contributed by atoms with Gasteiger partial charge in [-0.05, 0) is 11.8 Å². The van der Waals surface area contributed by atoms with Gasteiger partial charge >= 0.3 is 0 Å². The average Bonchev–Trinajstić information content (AvgIpc) is 2.48. The lowest BCUT2D eigenvalue weighted by Gasteiger charge is -2.21. The van der Waals surface area contributed by atoms with Gasteiger partial charge in [-0.2, -0.15) is 0 Å². The van der Waals surface area contributed by atoms with E-state index in [0.717, 1.165) is 13.0 Å². The number of rotatable bonds is 4. The van der Waals surface area contributed by atoms with Crippen LogP contribution in [0.1, 0.15) is 33.6 Å². The fourth-order valence-corrected chi connectivity index (χ4v) is 1.01. The van der Waals surface area contributed by atoms with Crippen molar-refractivity contribution in [2.24, 2.45) is 5.41 Å². The number of nitrogen functional groups attached to an aromatic ring is 1. The molecule has 1 aromatic rings. The van der Waals surface area contributed by atoms with Crippen molar-refractivity contribution in [1.29, 1.82) is 0 Å². The van der Waals surface area contributed by atoms with Gasteiger partial charge in [-0.15, -0.1) is 5.10 Å². The Morgan fingerprint density at radius 2 is 2.23 bits per heavy atom. The second kappa shape index (κ2) is 3.77. The van der Waals surface area contributed by atoms with Crippen molar-refractivity contribution < 1.29 is 0 Å². The molecule has 0 atom stereocenters. The largest absolute Gasteiger partial charge is 0.367 e. The molecule has 0 unspecified atom stereocenters. The summed E-state index contributed by atoms with van der Waals surface area (Å²) in [7, 11) is 0. The highest BCUT2D eigenvalue weighted by molar-refractivity contribution is 5.09. The number of aryl methyl sites for hydroxylation is 1. The first-order chi connectivity index (χ1) is 6.03. The Morgan fingerprint density at radius 3 is 2.69 bits per heavy atom. The Labute approximate surface area is 79.2 Å². The van der Waals surface area contributed by atoms with Crippen LogP contribution in [0.5, 0.6) is 0 Å². The van der Waals surface area contributed by atoms with Crippen LogP contribution in [0.3, 0.4) is 0 Å². The molecule has 0 saturated carbocycles. The third-order valence-corrected chi connectivity index (χ3v) is 2.53. The van der Waals surface area contributed by atoms with Gasteiger partial charge in [0.25, 0.3) is 0 Å². The zero-order valence-electron chi connectivity index (χ0n) is 8.62. The van der Waals surface area contributed by atoms with Crippen molar-refractivity contribution in [3.05, 3.63) is 6.33 Å². The van der Waals surface area contributed by atoms with Crippen LogP contribution >= 0.6 is 0 Å². The summed E-state index contributed by atoms with van der Waals surface area (Å²) in [5, 5.41) is 4.03. The van der Waals surface area contributed by atoms with Gasteiger partial charge in [-0.3, -0.25) is 4.68 Å². The molecule has 0 radical (unpaired) electrons. The predicted octanol–water partition coefficient (Wildman–Crippen LogP) is 1.69. The molecule has 1 aromatic heterocycles. The second-order valence-electron chi connectivity index (χ2n) is 4.13. The Bertz CT molecular complexity index is 264. The molecule has 0 fully saturated rings. The molecule has 74 valence electrons. The predicted molar refractivity (Wildman–Crippen MR) is 53.1 cm³/mol. The quantitative estimate of drug-likeness (QED) is 0.770. The van der Waals surface area contributed by atoms with E-state index in [0.29, 0.717) is 11.4 Å². The molecule has 0 aliphatic rings. The van der Waals surface area contributed by atoms with E-state index in [-0.39, 0.29) is 0 Å². The Morgan fingerprint density at radius 1 is 1.54 bits per heavy atom. The zero-order chi connectivity index (χ0) is 9.90. The lowest BCUT2D eigenvalue weighted by molar-refractivity contribution is 0.295. The molecule has 2 N–H and O–H groups in total. The van der Waals surface area contributed by atoms with Crippen LogP contribution in [0.4, 0.5) is 5.95 Å². The summed E-state index contributed by atoms with van der Waals surface area (Å²) in [6.45, 7) is 7.61. The summed E-state index contributed by atoms with van der Waals surface area (Å²) in [4.78, 5) is 3.87. The van der Waals surface area contributed by atoms with Crippen molar-refractivity contribution in [3.63, 3.8) is 0 Å². The molecule has 0 aromatic carbocycles. The summed E-state index contributed by atoms with van der Waals surface area (Å²) in [5.74, 6) is 0.356. The minimum absolute atomic E-state index is 0.356. The Hall–Kier alpha value is -1.06. The van der Waals surface area contributed by atoms with Gasteiger partial charge in [-0.25, -0.2) is 4.98 Å². The molecule has 1 rings (SSSR count). The molecular formula is C9H18N4. The van der Waals surface area contributed by atoms with Crippen LogP contribution in [0.2, 0.25) is 0 Å². The van der Waals surface area contributed by atoms with E-state index in [2.05, 4.69) is 30.9 Å². The van der Waals surface area contributed by atoms with Crippen molar-refractivity contribution in [1.82, 2.24) is 14.8 Å². The molecule has 0 saturated heterocycles. The Balaban J connectivity index is 2.43. The van der Waals surface area contributed by atoms with Crippen LogP contribution in [0, 0.1) is 5.41 Å². The summed E-state index contributed by atoms with van der Waals surface area (Å²) in [5.41, 5.74) is 5.78. The molecule has 0 spiro atoms. The van der Waals surface area contributed by atoms with Crippen LogP contribution in [0.25, 0.3) is 0 Å². The normalized spacial score (nSPS) is 11.9. The molecule has 0 aliphatic heterocycles. The van der Waals surface area contributed by atoms with Crippen LogP contribution in [0.15, 0.2) is 6.33 Å². The van der Waals surface area contributed by atoms with Gasteiger partial charge < -0.3 is 5.73 Å². The average molecular weight is 182 g/mol. The van der Waals surface area contributed by atoms with Gasteiger partial charge in [0.1, 0.15) is 6.33 Å². The SMILES string of the molecule is CCC(C)(C)CCn1cnc(N)n1. The molecule has 1 heterocycles. The van der Waals surface area contributed by atoms with Crippen molar-refractivity contribution in [3.8, 4) is 0 Å². The monoisotopic (exact) mass is 182 g/mol. The molecule has 4 heteroatoms. The second-order valence-corrected chi connectivity index (χ2v) is 4.13. The van der Waals surface area contributed by atoms with Crippen molar-refractivity contribution >= 4 is 5.95 Å². The summed E-state index contributed by atoms with van der Waals surface area (Å²) in [6.07, 6.45) is 3.96. The highest BCUT2D eigenvalue weighted by atomic mass is 15.3. The third-order valence-electron chi connectivity index (χ3n) is 2.53. The maximum Gasteiger partial charge on any atom is 0.239 e. The fraction of sp³-hybridized carbons (Fsp3) is 0.778. The van der Waals surface area contributed by atoms with E-state index >= 15 is 0 Å².